The number of carbonyl (C=O) groups excluding carboxylic acids is 1. The van der Waals surface area contributed by atoms with Crippen LogP contribution in [-0.4, -0.2) is 47.9 Å². The Balaban J connectivity index is 3.53. The van der Waals surface area contributed by atoms with Crippen LogP contribution in [0.1, 0.15) is 30.6 Å². The van der Waals surface area contributed by atoms with Gasteiger partial charge in [-0.3, -0.25) is 9.10 Å². The van der Waals surface area contributed by atoms with Crippen LogP contribution in [-0.2, 0) is 10.0 Å². The Kier molecular flexibility index (Phi) is 6.68. The van der Waals surface area contributed by atoms with Gasteiger partial charge >= 0.3 is 0 Å². The van der Waals surface area contributed by atoms with Crippen molar-refractivity contribution in [3.63, 3.8) is 0 Å². The van der Waals surface area contributed by atoms with E-state index >= 15 is 0 Å². The molecule has 0 radical (unpaired) electrons. The number of benzene rings is 1. The molecule has 1 aromatic carbocycles. The topological polar surface area (TPSA) is 84.9 Å². The SMILES string of the molecule is CCCNC(=O)c1cc(OC)c(OC)cc1N(CC)S(C)(=O)=O. The summed E-state index contributed by atoms with van der Waals surface area (Å²) >= 11 is 0. The number of nitrogens with zero attached hydrogens (tertiary/aromatic N) is 1. The fourth-order valence-corrected chi connectivity index (χ4v) is 3.15. The summed E-state index contributed by atoms with van der Waals surface area (Å²) in [6.07, 6.45) is 1.87. The Morgan fingerprint density at radius 1 is 1.17 bits per heavy atom. The zero-order chi connectivity index (χ0) is 17.6. The van der Waals surface area contributed by atoms with Crippen molar-refractivity contribution in [2.24, 2.45) is 0 Å². The largest absolute Gasteiger partial charge is 0.493 e. The zero-order valence-electron chi connectivity index (χ0n) is 14.2. The maximum Gasteiger partial charge on any atom is 0.253 e. The standard InChI is InChI=1S/C15H24N2O5S/c1-6-8-16-15(18)11-9-13(21-3)14(22-4)10-12(11)17(7-2)23(5,19)20/h9-10H,6-8H2,1-5H3,(H,16,18). The quantitative estimate of drug-likeness (QED) is 0.775. The number of amides is 1. The van der Waals surface area contributed by atoms with E-state index < -0.39 is 10.0 Å². The molecule has 8 heteroatoms. The molecule has 0 aliphatic heterocycles. The van der Waals surface area contributed by atoms with E-state index in [1.165, 1.54) is 26.4 Å². The number of rotatable bonds is 8. The average molecular weight is 344 g/mol. The van der Waals surface area contributed by atoms with Gasteiger partial charge in [0, 0.05) is 19.2 Å². The molecule has 0 bridgehead atoms. The smallest absolute Gasteiger partial charge is 0.253 e. The van der Waals surface area contributed by atoms with Gasteiger partial charge < -0.3 is 14.8 Å². The zero-order valence-corrected chi connectivity index (χ0v) is 15.0. The van der Waals surface area contributed by atoms with Gasteiger partial charge in [-0.25, -0.2) is 8.42 Å². The van der Waals surface area contributed by atoms with E-state index in [1.807, 2.05) is 6.92 Å². The highest BCUT2D eigenvalue weighted by molar-refractivity contribution is 7.92. The number of nitrogens with one attached hydrogen (secondary N) is 1. The molecule has 0 aliphatic rings. The minimum atomic E-state index is -3.53. The molecule has 1 aromatic rings. The Hall–Kier alpha value is -1.96. The van der Waals surface area contributed by atoms with Gasteiger partial charge in [-0.15, -0.1) is 0 Å². The summed E-state index contributed by atoms with van der Waals surface area (Å²) in [4.78, 5) is 12.4. The van der Waals surface area contributed by atoms with E-state index in [-0.39, 0.29) is 23.7 Å². The second-order valence-electron chi connectivity index (χ2n) is 4.91. The number of hydrogen-bond donors (Lipinski definition) is 1. The van der Waals surface area contributed by atoms with Crippen molar-refractivity contribution in [1.29, 1.82) is 0 Å². The number of hydrogen-bond acceptors (Lipinski definition) is 5. The second kappa shape index (κ2) is 8.05. The molecule has 0 fully saturated rings. The first kappa shape index (κ1) is 19.1. The lowest BCUT2D eigenvalue weighted by atomic mass is 10.1. The fourth-order valence-electron chi connectivity index (χ4n) is 2.17. The van der Waals surface area contributed by atoms with Gasteiger partial charge in [0.05, 0.1) is 31.7 Å². The van der Waals surface area contributed by atoms with Crippen LogP contribution >= 0.6 is 0 Å². The highest BCUT2D eigenvalue weighted by Crippen LogP contribution is 2.36. The maximum absolute atomic E-state index is 12.4. The summed E-state index contributed by atoms with van der Waals surface area (Å²) in [6, 6.07) is 3.00. The molecule has 0 saturated carbocycles. The van der Waals surface area contributed by atoms with E-state index in [0.717, 1.165) is 17.0 Å². The van der Waals surface area contributed by atoms with Gasteiger partial charge in [0.15, 0.2) is 11.5 Å². The van der Waals surface area contributed by atoms with Crippen molar-refractivity contribution in [2.45, 2.75) is 20.3 Å². The lowest BCUT2D eigenvalue weighted by molar-refractivity contribution is 0.0954. The van der Waals surface area contributed by atoms with Gasteiger partial charge in [0.25, 0.3) is 5.91 Å². The second-order valence-corrected chi connectivity index (χ2v) is 6.81. The number of methoxy groups -OCH3 is 2. The van der Waals surface area contributed by atoms with Crippen LogP contribution in [0.5, 0.6) is 11.5 Å². The molecule has 0 spiro atoms. The molecular formula is C15H24N2O5S. The van der Waals surface area contributed by atoms with Gasteiger partial charge in [0.2, 0.25) is 10.0 Å². The first-order chi connectivity index (χ1) is 10.8. The number of carbonyl (C=O) groups is 1. The normalized spacial score (nSPS) is 11.0. The van der Waals surface area contributed by atoms with Crippen molar-refractivity contribution >= 4 is 21.6 Å². The predicted octanol–water partition coefficient (Wildman–Crippen LogP) is 1.63. The molecule has 0 heterocycles. The van der Waals surface area contributed by atoms with Gasteiger partial charge in [-0.05, 0) is 19.4 Å². The van der Waals surface area contributed by atoms with E-state index in [4.69, 9.17) is 9.47 Å². The molecular weight excluding hydrogens is 320 g/mol. The lowest BCUT2D eigenvalue weighted by Crippen LogP contribution is -2.33. The summed E-state index contributed by atoms with van der Waals surface area (Å²) in [5.74, 6) is 0.365. The van der Waals surface area contributed by atoms with Crippen molar-refractivity contribution in [3.05, 3.63) is 17.7 Å². The average Bonchev–Trinajstić information content (AvgIpc) is 2.51. The first-order valence-electron chi connectivity index (χ1n) is 7.32. The molecule has 0 saturated heterocycles. The monoisotopic (exact) mass is 344 g/mol. The van der Waals surface area contributed by atoms with Crippen LogP contribution in [0, 0.1) is 0 Å². The third-order valence-electron chi connectivity index (χ3n) is 3.24. The van der Waals surface area contributed by atoms with Crippen LogP contribution in [0.2, 0.25) is 0 Å². The highest BCUT2D eigenvalue weighted by Gasteiger charge is 2.24. The lowest BCUT2D eigenvalue weighted by Gasteiger charge is -2.24. The molecule has 1 N–H and O–H groups in total. The fraction of sp³-hybridized carbons (Fsp3) is 0.533. The van der Waals surface area contributed by atoms with Crippen molar-refractivity contribution in [2.75, 3.05) is 37.9 Å². The van der Waals surface area contributed by atoms with Crippen LogP contribution in [0.3, 0.4) is 0 Å². The van der Waals surface area contributed by atoms with Crippen molar-refractivity contribution in [3.8, 4) is 11.5 Å². The Labute approximate surface area is 137 Å². The number of sulfonamides is 1. The van der Waals surface area contributed by atoms with Crippen molar-refractivity contribution in [1.82, 2.24) is 5.32 Å². The summed E-state index contributed by atoms with van der Waals surface area (Å²) < 4.78 is 35.7. The van der Waals surface area contributed by atoms with Gasteiger partial charge in [0.1, 0.15) is 0 Å². The summed E-state index contributed by atoms with van der Waals surface area (Å²) in [6.45, 7) is 4.33. The number of anilines is 1. The number of ether oxygens (including phenoxy) is 2. The summed E-state index contributed by atoms with van der Waals surface area (Å²) in [7, 11) is -0.621. The summed E-state index contributed by atoms with van der Waals surface area (Å²) in [5, 5.41) is 2.75. The van der Waals surface area contributed by atoms with E-state index in [0.29, 0.717) is 18.0 Å². The highest BCUT2D eigenvalue weighted by atomic mass is 32.2. The molecule has 130 valence electrons. The van der Waals surface area contributed by atoms with Crippen LogP contribution < -0.4 is 19.1 Å². The van der Waals surface area contributed by atoms with E-state index in [9.17, 15) is 13.2 Å². The minimum absolute atomic E-state index is 0.197. The molecule has 23 heavy (non-hydrogen) atoms. The molecule has 0 aromatic heterocycles. The molecule has 1 amide bonds. The molecule has 7 nitrogen and oxygen atoms in total. The third-order valence-corrected chi connectivity index (χ3v) is 4.49. The van der Waals surface area contributed by atoms with Crippen LogP contribution in [0.25, 0.3) is 0 Å². The summed E-state index contributed by atoms with van der Waals surface area (Å²) in [5.41, 5.74) is 0.490. The minimum Gasteiger partial charge on any atom is -0.493 e. The van der Waals surface area contributed by atoms with E-state index in [2.05, 4.69) is 5.32 Å². The first-order valence-corrected chi connectivity index (χ1v) is 9.16. The van der Waals surface area contributed by atoms with Crippen LogP contribution in [0.4, 0.5) is 5.69 Å². The van der Waals surface area contributed by atoms with Gasteiger partial charge in [-0.2, -0.15) is 0 Å². The van der Waals surface area contributed by atoms with Crippen LogP contribution in [0.15, 0.2) is 12.1 Å². The predicted molar refractivity (Wildman–Crippen MR) is 90.0 cm³/mol. The Bertz CT molecular complexity index is 658. The molecule has 0 aliphatic carbocycles. The molecule has 1 rings (SSSR count). The van der Waals surface area contributed by atoms with Crippen molar-refractivity contribution < 1.29 is 22.7 Å². The maximum atomic E-state index is 12.4. The molecule has 0 unspecified atom stereocenters. The van der Waals surface area contributed by atoms with Gasteiger partial charge in [-0.1, -0.05) is 6.92 Å². The Morgan fingerprint density at radius 3 is 2.17 bits per heavy atom. The molecule has 0 atom stereocenters. The third kappa shape index (κ3) is 4.51. The Morgan fingerprint density at radius 2 is 1.74 bits per heavy atom. The van der Waals surface area contributed by atoms with E-state index in [1.54, 1.807) is 6.92 Å².